The standard InChI is InChI=1S/C25H42O4Si.C15H20O3/c1-13-25(10,28-19(4)27-14-2)16-15-20-18(3)22(26)21(17-24(20,8)9)29-30(11,12)23(5,6)7;1-6-15(5,18)8-7-11-10(2)13(17)12(16)9-14(11,3)4/h13,19,21H,1,14,17H2,2-12H3;6,12,16,18H,1,9H2,2-5H3/t19?,21-,25?;12-,15?/m00/s1. The maximum atomic E-state index is 13.2. The molecule has 0 saturated heterocycles. The summed E-state index contributed by atoms with van der Waals surface area (Å²) in [6, 6.07) is 0. The molecule has 2 aliphatic carbocycles. The predicted octanol–water partition coefficient (Wildman–Crippen LogP) is 7.64. The van der Waals surface area contributed by atoms with Crippen LogP contribution in [0.25, 0.3) is 0 Å². The van der Waals surface area contributed by atoms with E-state index in [-0.39, 0.29) is 27.4 Å². The highest BCUT2D eigenvalue weighted by Crippen LogP contribution is 2.44. The molecular weight excluding hydrogens is 621 g/mol. The van der Waals surface area contributed by atoms with Gasteiger partial charge in [-0.1, -0.05) is 85.3 Å². The molecule has 0 aromatic rings. The Morgan fingerprint density at radius 2 is 1.40 bits per heavy atom. The van der Waals surface area contributed by atoms with E-state index in [4.69, 9.17) is 13.9 Å². The van der Waals surface area contributed by atoms with Gasteiger partial charge >= 0.3 is 0 Å². The second-order valence-corrected chi connectivity index (χ2v) is 20.8. The molecule has 0 bridgehead atoms. The number of carbonyl (C=O) groups is 2. The molecule has 7 nitrogen and oxygen atoms in total. The quantitative estimate of drug-likeness (QED) is 0.117. The predicted molar refractivity (Wildman–Crippen MR) is 197 cm³/mol. The summed E-state index contributed by atoms with van der Waals surface area (Å²) in [4.78, 5) is 24.9. The molecule has 0 radical (unpaired) electrons. The smallest absolute Gasteiger partial charge is 0.193 e. The third-order valence-electron chi connectivity index (χ3n) is 9.56. The van der Waals surface area contributed by atoms with Crippen LogP contribution in [-0.4, -0.2) is 66.4 Å². The molecule has 3 unspecified atom stereocenters. The number of hydrogen-bond acceptors (Lipinski definition) is 7. The van der Waals surface area contributed by atoms with E-state index >= 15 is 0 Å². The van der Waals surface area contributed by atoms with Gasteiger partial charge in [-0.2, -0.15) is 0 Å². The number of carbonyl (C=O) groups excluding carboxylic acids is 2. The molecule has 8 heteroatoms. The average molecular weight is 683 g/mol. The summed E-state index contributed by atoms with van der Waals surface area (Å²) >= 11 is 0. The van der Waals surface area contributed by atoms with Crippen LogP contribution in [0.15, 0.2) is 47.6 Å². The van der Waals surface area contributed by atoms with Crippen LogP contribution in [0.4, 0.5) is 0 Å². The normalized spacial score (nSPS) is 24.0. The fraction of sp³-hybridized carbons (Fsp3) is 0.650. The fourth-order valence-electron chi connectivity index (χ4n) is 5.41. The Labute approximate surface area is 292 Å². The van der Waals surface area contributed by atoms with Gasteiger partial charge in [-0.05, 0) is 84.7 Å². The maximum absolute atomic E-state index is 13.2. The molecule has 268 valence electrons. The van der Waals surface area contributed by atoms with Crippen molar-refractivity contribution in [1.29, 1.82) is 0 Å². The second-order valence-electron chi connectivity index (χ2n) is 16.1. The van der Waals surface area contributed by atoms with Gasteiger partial charge in [0, 0.05) is 39.7 Å². The van der Waals surface area contributed by atoms with Gasteiger partial charge in [-0.25, -0.2) is 0 Å². The molecular formula is C40H62O7Si. The van der Waals surface area contributed by atoms with E-state index in [9.17, 15) is 19.8 Å². The molecule has 0 heterocycles. The van der Waals surface area contributed by atoms with Gasteiger partial charge in [0.2, 0.25) is 0 Å². The molecule has 0 spiro atoms. The molecule has 2 aliphatic rings. The zero-order valence-electron chi connectivity index (χ0n) is 32.4. The van der Waals surface area contributed by atoms with Crippen molar-refractivity contribution in [2.75, 3.05) is 6.61 Å². The van der Waals surface area contributed by atoms with Crippen LogP contribution in [0.3, 0.4) is 0 Å². The van der Waals surface area contributed by atoms with E-state index in [1.807, 2.05) is 41.5 Å². The average Bonchev–Trinajstić information content (AvgIpc) is 2.93. The topological polar surface area (TPSA) is 102 Å². The van der Waals surface area contributed by atoms with Crippen LogP contribution < -0.4 is 0 Å². The van der Waals surface area contributed by atoms with Gasteiger partial charge < -0.3 is 24.1 Å². The van der Waals surface area contributed by atoms with Crippen molar-refractivity contribution in [1.82, 2.24) is 0 Å². The molecule has 0 fully saturated rings. The van der Waals surface area contributed by atoms with E-state index in [0.717, 1.165) is 5.57 Å². The molecule has 0 aliphatic heterocycles. The Hall–Kier alpha value is -2.56. The molecule has 0 aromatic carbocycles. The van der Waals surface area contributed by atoms with Crippen LogP contribution in [0, 0.1) is 34.5 Å². The molecule has 0 aromatic heterocycles. The summed E-state index contributed by atoms with van der Waals surface area (Å²) in [5.41, 5.74) is -0.0910. The SMILES string of the molecule is C=CC(C)(C#CC1=C(C)C(=O)[C@@H](O[Si](C)(C)C(C)(C)C)CC1(C)C)OC(C)OCC.C=CC(C)(O)C#CC1=C(C)C(=O)[C@@H](O)CC1(C)C. The van der Waals surface area contributed by atoms with Crippen molar-refractivity contribution in [3.63, 3.8) is 0 Å². The summed E-state index contributed by atoms with van der Waals surface area (Å²) in [6.45, 7) is 37.7. The number of Topliss-reactive ketones (excluding diaryl/α,β-unsaturated/α-hetero) is 2. The number of ether oxygens (including phenoxy) is 2. The molecule has 5 atom stereocenters. The van der Waals surface area contributed by atoms with Crippen molar-refractivity contribution < 1.29 is 33.7 Å². The lowest BCUT2D eigenvalue weighted by Gasteiger charge is -2.43. The van der Waals surface area contributed by atoms with E-state index in [1.165, 1.54) is 13.0 Å². The van der Waals surface area contributed by atoms with E-state index in [0.29, 0.717) is 36.2 Å². The number of hydrogen-bond donors (Lipinski definition) is 2. The van der Waals surface area contributed by atoms with Gasteiger partial charge in [0.25, 0.3) is 0 Å². The summed E-state index contributed by atoms with van der Waals surface area (Å²) in [5, 5.41) is 19.5. The highest BCUT2D eigenvalue weighted by atomic mass is 28.4. The third kappa shape index (κ3) is 11.2. The van der Waals surface area contributed by atoms with Crippen molar-refractivity contribution in [2.24, 2.45) is 10.8 Å². The Bertz CT molecular complexity index is 1430. The third-order valence-corrected chi connectivity index (χ3v) is 14.0. The lowest BCUT2D eigenvalue weighted by molar-refractivity contribution is -0.161. The first kappa shape index (κ1) is 43.5. The maximum Gasteiger partial charge on any atom is 0.193 e. The molecule has 2 N–H and O–H groups in total. The highest BCUT2D eigenvalue weighted by Gasteiger charge is 2.45. The zero-order valence-corrected chi connectivity index (χ0v) is 33.4. The van der Waals surface area contributed by atoms with E-state index in [2.05, 4.69) is 84.6 Å². The van der Waals surface area contributed by atoms with Gasteiger partial charge in [-0.15, -0.1) is 0 Å². The Balaban J connectivity index is 0.000000544. The number of aliphatic hydroxyl groups excluding tert-OH is 1. The van der Waals surface area contributed by atoms with Gasteiger partial charge in [0.15, 0.2) is 26.2 Å². The Kier molecular flexibility index (Phi) is 14.5. The minimum Gasteiger partial charge on any atom is -0.407 e. The van der Waals surface area contributed by atoms with Crippen LogP contribution in [-0.2, 0) is 23.5 Å². The highest BCUT2D eigenvalue weighted by molar-refractivity contribution is 6.74. The number of allylic oxidation sites excluding steroid dienone is 2. The Morgan fingerprint density at radius 1 is 0.917 bits per heavy atom. The largest absolute Gasteiger partial charge is 0.407 e. The number of ketones is 2. The van der Waals surface area contributed by atoms with Crippen molar-refractivity contribution >= 4 is 19.9 Å². The van der Waals surface area contributed by atoms with Crippen LogP contribution in [0.2, 0.25) is 18.1 Å². The summed E-state index contributed by atoms with van der Waals surface area (Å²) in [6.07, 6.45) is 2.24. The van der Waals surface area contributed by atoms with Crippen molar-refractivity contribution in [3.8, 4) is 23.7 Å². The minimum atomic E-state index is -2.06. The molecule has 2 rings (SSSR count). The van der Waals surface area contributed by atoms with Gasteiger partial charge in [0.05, 0.1) is 0 Å². The fourth-order valence-corrected chi connectivity index (χ4v) is 6.67. The van der Waals surface area contributed by atoms with Crippen molar-refractivity contribution in [2.45, 2.75) is 151 Å². The van der Waals surface area contributed by atoms with Crippen LogP contribution >= 0.6 is 0 Å². The molecule has 0 amide bonds. The minimum absolute atomic E-state index is 0.0485. The monoisotopic (exact) mass is 682 g/mol. The zero-order chi connectivity index (χ0) is 37.7. The van der Waals surface area contributed by atoms with Crippen LogP contribution in [0.1, 0.15) is 103 Å². The number of aliphatic hydroxyl groups is 2. The van der Waals surface area contributed by atoms with E-state index < -0.39 is 38.0 Å². The van der Waals surface area contributed by atoms with Gasteiger partial charge in [0.1, 0.15) is 23.4 Å². The van der Waals surface area contributed by atoms with E-state index in [1.54, 1.807) is 13.0 Å². The van der Waals surface area contributed by atoms with Crippen molar-refractivity contribution in [3.05, 3.63) is 47.6 Å². The first-order valence-electron chi connectivity index (χ1n) is 16.8. The summed E-state index contributed by atoms with van der Waals surface area (Å²) in [5.74, 6) is 11.8. The summed E-state index contributed by atoms with van der Waals surface area (Å²) in [7, 11) is -2.06. The Morgan fingerprint density at radius 3 is 1.85 bits per heavy atom. The second kappa shape index (κ2) is 16.0. The first-order valence-corrected chi connectivity index (χ1v) is 19.7. The van der Waals surface area contributed by atoms with Crippen LogP contribution in [0.5, 0.6) is 0 Å². The molecule has 0 saturated carbocycles. The lowest BCUT2D eigenvalue weighted by atomic mass is 9.71. The van der Waals surface area contributed by atoms with Gasteiger partial charge in [-0.3, -0.25) is 9.59 Å². The summed E-state index contributed by atoms with van der Waals surface area (Å²) < 4.78 is 17.9. The molecule has 48 heavy (non-hydrogen) atoms. The lowest BCUT2D eigenvalue weighted by Crippen LogP contribution is -2.49. The number of rotatable bonds is 8. The first-order chi connectivity index (χ1) is 21.6.